The second kappa shape index (κ2) is 4.03. The smallest absolute Gasteiger partial charge is 0.294 e. The first-order chi connectivity index (χ1) is 8.72. The first-order valence-corrected chi connectivity index (χ1v) is 5.54. The van der Waals surface area contributed by atoms with Crippen LogP contribution in [0.3, 0.4) is 0 Å². The molecule has 0 aliphatic carbocycles. The molecule has 0 saturated heterocycles. The number of nitrogens with zero attached hydrogens (tertiary/aromatic N) is 1. The number of benzene rings is 1. The van der Waals surface area contributed by atoms with Crippen LogP contribution in [0.5, 0.6) is 0 Å². The topological polar surface area (TPSA) is 70.9 Å². The van der Waals surface area contributed by atoms with Crippen molar-refractivity contribution < 1.29 is 9.32 Å². The molecule has 0 aliphatic heterocycles. The molecule has 0 radical (unpaired) electrons. The molecule has 0 atom stereocenters. The molecule has 3 rings (SSSR count). The predicted octanol–water partition coefficient (Wildman–Crippen LogP) is 2.72. The highest BCUT2D eigenvalue weighted by molar-refractivity contribution is 6.03. The summed E-state index contributed by atoms with van der Waals surface area (Å²) < 4.78 is 4.90. The second-order valence-corrected chi connectivity index (χ2v) is 4.07. The van der Waals surface area contributed by atoms with E-state index in [0.717, 1.165) is 16.6 Å². The number of rotatable bonds is 2. The highest BCUT2D eigenvalue weighted by Gasteiger charge is 2.11. The maximum atomic E-state index is 11.8. The Kier molecular flexibility index (Phi) is 2.37. The zero-order valence-corrected chi connectivity index (χ0v) is 9.73. The zero-order valence-electron chi connectivity index (χ0n) is 9.73. The first kappa shape index (κ1) is 10.6. The van der Waals surface area contributed by atoms with Crippen molar-refractivity contribution in [2.75, 3.05) is 5.32 Å². The van der Waals surface area contributed by atoms with Gasteiger partial charge in [0.2, 0.25) is 5.76 Å². The van der Waals surface area contributed by atoms with Crippen LogP contribution in [0.25, 0.3) is 10.9 Å². The number of aryl methyl sites for hydroxylation is 1. The number of amides is 1. The number of hydrogen-bond donors (Lipinski definition) is 2. The van der Waals surface area contributed by atoms with Crippen molar-refractivity contribution in [3.8, 4) is 0 Å². The van der Waals surface area contributed by atoms with Crippen molar-refractivity contribution in [1.29, 1.82) is 0 Å². The molecular formula is C13H11N3O2. The lowest BCUT2D eigenvalue weighted by molar-refractivity contribution is 0.0988. The lowest BCUT2D eigenvalue weighted by Crippen LogP contribution is -2.10. The summed E-state index contributed by atoms with van der Waals surface area (Å²) in [7, 11) is 0. The molecule has 1 amide bonds. The van der Waals surface area contributed by atoms with Crippen LogP contribution in [0.2, 0.25) is 0 Å². The number of carbonyl (C=O) groups excluding carboxylic acids is 1. The van der Waals surface area contributed by atoms with E-state index in [0.29, 0.717) is 5.69 Å². The zero-order chi connectivity index (χ0) is 12.5. The van der Waals surface area contributed by atoms with Crippen LogP contribution < -0.4 is 5.32 Å². The molecule has 90 valence electrons. The summed E-state index contributed by atoms with van der Waals surface area (Å²) >= 11 is 0. The lowest BCUT2D eigenvalue weighted by atomic mass is 10.2. The van der Waals surface area contributed by atoms with Crippen molar-refractivity contribution in [2.45, 2.75) is 6.92 Å². The molecule has 18 heavy (non-hydrogen) atoms. The van der Waals surface area contributed by atoms with Crippen LogP contribution in [0, 0.1) is 6.92 Å². The number of hydrogen-bond acceptors (Lipinski definition) is 3. The Bertz CT molecular complexity index is 712. The van der Waals surface area contributed by atoms with E-state index in [1.165, 1.54) is 0 Å². The predicted molar refractivity (Wildman–Crippen MR) is 67.5 cm³/mol. The second-order valence-electron chi connectivity index (χ2n) is 4.07. The number of H-pyrrole nitrogens is 1. The molecule has 0 saturated carbocycles. The SMILES string of the molecule is Cc1cc(C(=O)Nc2ccc3[nH]ccc3c2)on1. The number of carbonyl (C=O) groups is 1. The van der Waals surface area contributed by atoms with E-state index in [9.17, 15) is 4.79 Å². The summed E-state index contributed by atoms with van der Waals surface area (Å²) in [6.45, 7) is 1.77. The molecule has 2 heterocycles. The van der Waals surface area contributed by atoms with Gasteiger partial charge in [0.05, 0.1) is 5.69 Å². The number of anilines is 1. The van der Waals surface area contributed by atoms with Crippen molar-refractivity contribution in [3.05, 3.63) is 48.0 Å². The van der Waals surface area contributed by atoms with Crippen molar-refractivity contribution in [1.82, 2.24) is 10.1 Å². The van der Waals surface area contributed by atoms with Crippen molar-refractivity contribution >= 4 is 22.5 Å². The van der Waals surface area contributed by atoms with Crippen LogP contribution in [0.1, 0.15) is 16.2 Å². The highest BCUT2D eigenvalue weighted by atomic mass is 16.5. The van der Waals surface area contributed by atoms with Gasteiger partial charge in [-0.05, 0) is 31.2 Å². The fraction of sp³-hybridized carbons (Fsp3) is 0.0769. The van der Waals surface area contributed by atoms with Gasteiger partial charge in [0.25, 0.3) is 5.91 Å². The molecule has 2 N–H and O–H groups in total. The molecule has 0 spiro atoms. The van der Waals surface area contributed by atoms with Gasteiger partial charge in [-0.3, -0.25) is 4.79 Å². The van der Waals surface area contributed by atoms with E-state index in [1.54, 1.807) is 13.0 Å². The van der Waals surface area contributed by atoms with Gasteiger partial charge in [0.15, 0.2) is 0 Å². The van der Waals surface area contributed by atoms with E-state index in [1.807, 2.05) is 30.5 Å². The lowest BCUT2D eigenvalue weighted by Gasteiger charge is -2.02. The van der Waals surface area contributed by atoms with Gasteiger partial charge >= 0.3 is 0 Å². The Morgan fingerprint density at radius 3 is 3.00 bits per heavy atom. The third kappa shape index (κ3) is 1.86. The van der Waals surface area contributed by atoms with Crippen LogP contribution in [0.4, 0.5) is 5.69 Å². The minimum Gasteiger partial charge on any atom is -0.361 e. The van der Waals surface area contributed by atoms with E-state index < -0.39 is 0 Å². The molecule has 5 nitrogen and oxygen atoms in total. The summed E-state index contributed by atoms with van der Waals surface area (Å²) in [5.41, 5.74) is 2.44. The standard InChI is InChI=1S/C13H11N3O2/c1-8-6-12(18-16-8)13(17)15-10-2-3-11-9(7-10)4-5-14-11/h2-7,14H,1H3,(H,15,17). The summed E-state index contributed by atoms with van der Waals surface area (Å²) in [5.74, 6) is -0.0906. The molecule has 2 aromatic heterocycles. The number of aromatic nitrogens is 2. The molecule has 3 aromatic rings. The van der Waals surface area contributed by atoms with Gasteiger partial charge in [-0.15, -0.1) is 0 Å². The molecule has 1 aromatic carbocycles. The summed E-state index contributed by atoms with van der Waals surface area (Å²) in [6.07, 6.45) is 1.86. The van der Waals surface area contributed by atoms with Gasteiger partial charge in [-0.2, -0.15) is 0 Å². The minimum absolute atomic E-state index is 0.210. The first-order valence-electron chi connectivity index (χ1n) is 5.54. The van der Waals surface area contributed by atoms with E-state index in [4.69, 9.17) is 4.52 Å². The van der Waals surface area contributed by atoms with E-state index >= 15 is 0 Å². The molecule has 0 fully saturated rings. The molecule has 0 aliphatic rings. The number of nitrogens with one attached hydrogen (secondary N) is 2. The average Bonchev–Trinajstić information content (AvgIpc) is 2.96. The number of aromatic amines is 1. The number of fused-ring (bicyclic) bond motifs is 1. The maximum Gasteiger partial charge on any atom is 0.294 e. The third-order valence-electron chi connectivity index (χ3n) is 2.66. The highest BCUT2D eigenvalue weighted by Crippen LogP contribution is 2.18. The van der Waals surface area contributed by atoms with Crippen LogP contribution in [-0.2, 0) is 0 Å². The Morgan fingerprint density at radius 2 is 2.22 bits per heavy atom. The van der Waals surface area contributed by atoms with Gasteiger partial charge in [-0.25, -0.2) is 0 Å². The van der Waals surface area contributed by atoms with Gasteiger partial charge in [0, 0.05) is 28.9 Å². The third-order valence-corrected chi connectivity index (χ3v) is 2.66. The normalized spacial score (nSPS) is 10.7. The van der Waals surface area contributed by atoms with E-state index in [2.05, 4.69) is 15.5 Å². The minimum atomic E-state index is -0.300. The van der Waals surface area contributed by atoms with Crippen molar-refractivity contribution in [2.24, 2.45) is 0 Å². The molecular weight excluding hydrogens is 230 g/mol. The summed E-state index contributed by atoms with van der Waals surface area (Å²) in [4.78, 5) is 14.9. The largest absolute Gasteiger partial charge is 0.361 e. The van der Waals surface area contributed by atoms with Crippen LogP contribution in [0.15, 0.2) is 41.1 Å². The average molecular weight is 241 g/mol. The molecule has 5 heteroatoms. The van der Waals surface area contributed by atoms with Gasteiger partial charge < -0.3 is 14.8 Å². The van der Waals surface area contributed by atoms with Crippen LogP contribution >= 0.6 is 0 Å². The van der Waals surface area contributed by atoms with Crippen LogP contribution in [-0.4, -0.2) is 16.0 Å². The molecule has 0 bridgehead atoms. The fourth-order valence-electron chi connectivity index (χ4n) is 1.79. The molecule has 0 unspecified atom stereocenters. The maximum absolute atomic E-state index is 11.8. The van der Waals surface area contributed by atoms with E-state index in [-0.39, 0.29) is 11.7 Å². The Labute approximate surface area is 103 Å². The monoisotopic (exact) mass is 241 g/mol. The quantitative estimate of drug-likeness (QED) is 0.724. The summed E-state index contributed by atoms with van der Waals surface area (Å²) in [6, 6.07) is 9.19. The Hall–Kier alpha value is -2.56. The van der Waals surface area contributed by atoms with Gasteiger partial charge in [-0.1, -0.05) is 5.16 Å². The Morgan fingerprint density at radius 1 is 1.33 bits per heavy atom. The summed E-state index contributed by atoms with van der Waals surface area (Å²) in [5, 5.41) is 7.49. The van der Waals surface area contributed by atoms with Crippen molar-refractivity contribution in [3.63, 3.8) is 0 Å². The fourth-order valence-corrected chi connectivity index (χ4v) is 1.79. The Balaban J connectivity index is 1.85. The van der Waals surface area contributed by atoms with Gasteiger partial charge in [0.1, 0.15) is 0 Å².